The van der Waals surface area contributed by atoms with Crippen molar-refractivity contribution < 1.29 is 9.47 Å². The summed E-state index contributed by atoms with van der Waals surface area (Å²) in [6.45, 7) is 0.925. The zero-order chi connectivity index (χ0) is 15.4. The van der Waals surface area contributed by atoms with E-state index in [0.29, 0.717) is 6.04 Å². The van der Waals surface area contributed by atoms with Crippen LogP contribution in [0.3, 0.4) is 0 Å². The molecule has 0 amide bonds. The van der Waals surface area contributed by atoms with Gasteiger partial charge in [-0.25, -0.2) is 0 Å². The Morgan fingerprint density at radius 1 is 1.00 bits per heavy atom. The van der Waals surface area contributed by atoms with Crippen molar-refractivity contribution in [2.24, 2.45) is 0 Å². The van der Waals surface area contributed by atoms with E-state index in [2.05, 4.69) is 47.8 Å². The average molecular weight is 334 g/mol. The molecule has 0 saturated carbocycles. The first-order chi connectivity index (χ1) is 10.8. The van der Waals surface area contributed by atoms with Crippen LogP contribution in [0.4, 0.5) is 0 Å². The molecule has 0 spiro atoms. The van der Waals surface area contributed by atoms with Gasteiger partial charge < -0.3 is 14.8 Å². The highest BCUT2D eigenvalue weighted by atomic mass is 35.5. The topological polar surface area (TPSA) is 30.5 Å². The van der Waals surface area contributed by atoms with Crippen LogP contribution >= 0.6 is 12.4 Å². The lowest BCUT2D eigenvalue weighted by Crippen LogP contribution is -2.34. The zero-order valence-corrected chi connectivity index (χ0v) is 14.5. The minimum Gasteiger partial charge on any atom is -0.493 e. The quantitative estimate of drug-likeness (QED) is 0.903. The van der Waals surface area contributed by atoms with E-state index in [1.54, 1.807) is 14.2 Å². The summed E-state index contributed by atoms with van der Waals surface area (Å²) in [5.41, 5.74) is 4.09. The second-order valence-corrected chi connectivity index (χ2v) is 5.78. The van der Waals surface area contributed by atoms with Gasteiger partial charge >= 0.3 is 0 Å². The molecule has 0 aromatic heterocycles. The van der Waals surface area contributed by atoms with Crippen LogP contribution in [0.15, 0.2) is 42.5 Å². The molecule has 4 heteroatoms. The first-order valence-electron chi connectivity index (χ1n) is 7.81. The lowest BCUT2D eigenvalue weighted by molar-refractivity contribution is 0.352. The maximum absolute atomic E-state index is 5.42. The molecular weight excluding hydrogens is 310 g/mol. The van der Waals surface area contributed by atoms with E-state index in [0.717, 1.165) is 37.3 Å². The lowest BCUT2D eigenvalue weighted by Gasteiger charge is -2.26. The first kappa shape index (κ1) is 17.6. The van der Waals surface area contributed by atoms with Crippen molar-refractivity contribution in [3.8, 4) is 11.5 Å². The molecule has 0 fully saturated rings. The summed E-state index contributed by atoms with van der Waals surface area (Å²) in [6.07, 6.45) is 3.29. The van der Waals surface area contributed by atoms with Crippen molar-refractivity contribution in [1.29, 1.82) is 0 Å². The van der Waals surface area contributed by atoms with Gasteiger partial charge in [-0.1, -0.05) is 30.3 Å². The Bertz CT molecular complexity index is 631. The normalized spacial score (nSPS) is 16.2. The number of benzene rings is 2. The van der Waals surface area contributed by atoms with E-state index >= 15 is 0 Å². The second kappa shape index (κ2) is 8.23. The maximum atomic E-state index is 5.42. The van der Waals surface area contributed by atoms with E-state index in [1.165, 1.54) is 16.7 Å². The molecule has 0 bridgehead atoms. The van der Waals surface area contributed by atoms with Crippen molar-refractivity contribution in [2.45, 2.75) is 31.8 Å². The Balaban J connectivity index is 0.00000192. The molecular formula is C19H24ClNO2. The van der Waals surface area contributed by atoms with E-state index in [1.807, 2.05) is 0 Å². The number of methoxy groups -OCH3 is 2. The highest BCUT2D eigenvalue weighted by Crippen LogP contribution is 2.34. The molecule has 1 atom stereocenters. The van der Waals surface area contributed by atoms with E-state index in [4.69, 9.17) is 9.47 Å². The van der Waals surface area contributed by atoms with Crippen LogP contribution in [-0.4, -0.2) is 20.3 Å². The summed E-state index contributed by atoms with van der Waals surface area (Å²) < 4.78 is 10.8. The molecule has 3 rings (SSSR count). The number of nitrogens with one attached hydrogen (secondary N) is 1. The van der Waals surface area contributed by atoms with Gasteiger partial charge in [-0.05, 0) is 48.1 Å². The number of hydrogen-bond donors (Lipinski definition) is 1. The number of rotatable bonds is 5. The molecule has 1 aliphatic carbocycles. The van der Waals surface area contributed by atoms with Crippen LogP contribution in [-0.2, 0) is 19.4 Å². The fourth-order valence-electron chi connectivity index (χ4n) is 3.12. The Kier molecular flexibility index (Phi) is 6.31. The summed E-state index contributed by atoms with van der Waals surface area (Å²) >= 11 is 0. The van der Waals surface area contributed by atoms with Crippen molar-refractivity contribution in [3.63, 3.8) is 0 Å². The molecule has 0 saturated heterocycles. The van der Waals surface area contributed by atoms with Gasteiger partial charge in [0.25, 0.3) is 0 Å². The minimum absolute atomic E-state index is 0. The predicted molar refractivity (Wildman–Crippen MR) is 95.9 cm³/mol. The third-order valence-corrected chi connectivity index (χ3v) is 4.37. The van der Waals surface area contributed by atoms with E-state index in [9.17, 15) is 0 Å². The van der Waals surface area contributed by atoms with Gasteiger partial charge in [0.1, 0.15) is 0 Å². The third kappa shape index (κ3) is 4.18. The molecule has 0 aliphatic heterocycles. The smallest absolute Gasteiger partial charge is 0.161 e. The number of fused-ring (bicyclic) bond motifs is 1. The van der Waals surface area contributed by atoms with E-state index < -0.39 is 0 Å². The molecule has 1 N–H and O–H groups in total. The Morgan fingerprint density at radius 3 is 2.30 bits per heavy atom. The summed E-state index contributed by atoms with van der Waals surface area (Å²) in [5.74, 6) is 1.65. The van der Waals surface area contributed by atoms with Gasteiger partial charge in [-0.3, -0.25) is 0 Å². The fraction of sp³-hybridized carbons (Fsp3) is 0.368. The predicted octanol–water partition coefficient (Wildman–Crippen LogP) is 3.77. The minimum atomic E-state index is 0. The van der Waals surface area contributed by atoms with Crippen molar-refractivity contribution in [3.05, 3.63) is 59.2 Å². The molecule has 1 aliphatic rings. The molecule has 1 unspecified atom stereocenters. The van der Waals surface area contributed by atoms with Crippen LogP contribution in [0.2, 0.25) is 0 Å². The van der Waals surface area contributed by atoms with Crippen LogP contribution in [0.5, 0.6) is 11.5 Å². The highest BCUT2D eigenvalue weighted by Gasteiger charge is 2.20. The monoisotopic (exact) mass is 333 g/mol. The van der Waals surface area contributed by atoms with Gasteiger partial charge in [0.15, 0.2) is 11.5 Å². The molecule has 124 valence electrons. The zero-order valence-electron chi connectivity index (χ0n) is 13.7. The Hall–Kier alpha value is -1.71. The molecule has 2 aromatic carbocycles. The molecule has 0 radical (unpaired) electrons. The van der Waals surface area contributed by atoms with Crippen molar-refractivity contribution in [1.82, 2.24) is 5.32 Å². The van der Waals surface area contributed by atoms with Gasteiger partial charge in [0.05, 0.1) is 14.2 Å². The highest BCUT2D eigenvalue weighted by molar-refractivity contribution is 5.85. The van der Waals surface area contributed by atoms with Gasteiger partial charge in [-0.2, -0.15) is 0 Å². The fourth-order valence-corrected chi connectivity index (χ4v) is 3.12. The van der Waals surface area contributed by atoms with Crippen LogP contribution in [0, 0.1) is 0 Å². The first-order valence-corrected chi connectivity index (χ1v) is 7.81. The standard InChI is InChI=1S/C19H23NO2.ClH/c1-21-18-11-15-8-9-17(10-16(15)12-19(18)22-2)20-13-14-6-4-3-5-7-14;/h3-7,11-12,17,20H,8-10,13H2,1-2H3;1H. The number of ether oxygens (including phenoxy) is 2. The van der Waals surface area contributed by atoms with Crippen molar-refractivity contribution >= 4 is 12.4 Å². The molecule has 0 heterocycles. The van der Waals surface area contributed by atoms with Gasteiger partial charge in [0.2, 0.25) is 0 Å². The molecule has 2 aromatic rings. The Labute approximate surface area is 144 Å². The van der Waals surface area contributed by atoms with Gasteiger partial charge in [-0.15, -0.1) is 12.4 Å². The summed E-state index contributed by atoms with van der Waals surface area (Å²) in [7, 11) is 3.38. The van der Waals surface area contributed by atoms with E-state index in [-0.39, 0.29) is 12.4 Å². The van der Waals surface area contributed by atoms with Gasteiger partial charge in [0, 0.05) is 12.6 Å². The maximum Gasteiger partial charge on any atom is 0.161 e. The summed E-state index contributed by atoms with van der Waals surface area (Å²) in [5, 5.41) is 3.67. The average Bonchev–Trinajstić information content (AvgIpc) is 2.59. The summed E-state index contributed by atoms with van der Waals surface area (Å²) in [4.78, 5) is 0. The second-order valence-electron chi connectivity index (χ2n) is 5.78. The largest absolute Gasteiger partial charge is 0.493 e. The number of aryl methyl sites for hydroxylation is 1. The molecule has 3 nitrogen and oxygen atoms in total. The summed E-state index contributed by atoms with van der Waals surface area (Å²) in [6, 6.07) is 15.3. The number of hydrogen-bond acceptors (Lipinski definition) is 3. The van der Waals surface area contributed by atoms with Crippen LogP contribution < -0.4 is 14.8 Å². The Morgan fingerprint density at radius 2 is 1.65 bits per heavy atom. The van der Waals surface area contributed by atoms with Crippen LogP contribution in [0.25, 0.3) is 0 Å². The molecule has 23 heavy (non-hydrogen) atoms. The van der Waals surface area contributed by atoms with Crippen molar-refractivity contribution in [2.75, 3.05) is 14.2 Å². The third-order valence-electron chi connectivity index (χ3n) is 4.37. The SMILES string of the molecule is COc1cc2c(cc1OC)CC(NCc1ccccc1)CC2.Cl. The lowest BCUT2D eigenvalue weighted by atomic mass is 9.87. The van der Waals surface area contributed by atoms with Crippen LogP contribution in [0.1, 0.15) is 23.1 Å². The number of halogens is 1.